The summed E-state index contributed by atoms with van der Waals surface area (Å²) in [7, 11) is 0. The van der Waals surface area contributed by atoms with Crippen LogP contribution >= 0.6 is 0 Å². The Balaban J connectivity index is 2.53. The molecule has 0 saturated carbocycles. The molecule has 1 rings (SSSR count). The number of rotatable bonds is 4. The van der Waals surface area contributed by atoms with Crippen LogP contribution in [0.15, 0.2) is 21.9 Å². The lowest BCUT2D eigenvalue weighted by molar-refractivity contribution is -0.118. The van der Waals surface area contributed by atoms with Gasteiger partial charge >= 0.3 is 5.69 Å². The molecule has 0 aromatic carbocycles. The number of nitrogens with one attached hydrogen (secondary N) is 3. The Morgan fingerprint density at radius 3 is 2.88 bits per heavy atom. The van der Waals surface area contributed by atoms with Crippen LogP contribution in [0, 0.1) is 0 Å². The average molecular weight is 223 g/mol. The lowest BCUT2D eigenvalue weighted by atomic mass is 10.2. The quantitative estimate of drug-likeness (QED) is 0.606. The molecule has 6 nitrogen and oxygen atoms in total. The second-order valence-corrected chi connectivity index (χ2v) is 3.20. The molecule has 0 unspecified atom stereocenters. The fourth-order valence-corrected chi connectivity index (χ4v) is 1.09. The average Bonchev–Trinajstić information content (AvgIpc) is 2.20. The van der Waals surface area contributed by atoms with E-state index in [0.717, 1.165) is 0 Å². The lowest BCUT2D eigenvalue weighted by Gasteiger charge is -1.96. The number of amides is 1. The highest BCUT2D eigenvalue weighted by atomic mass is 16.2. The zero-order valence-corrected chi connectivity index (χ0v) is 8.87. The highest BCUT2D eigenvalue weighted by Crippen LogP contribution is 1.91. The Labute approximate surface area is 91.4 Å². The molecule has 0 atom stereocenters. The van der Waals surface area contributed by atoms with Gasteiger partial charge in [0.2, 0.25) is 5.91 Å². The second kappa shape index (κ2) is 5.69. The van der Waals surface area contributed by atoms with Crippen molar-refractivity contribution in [3.05, 3.63) is 38.7 Å². The summed E-state index contributed by atoms with van der Waals surface area (Å²) in [6.07, 6.45) is 5.31. The Bertz CT molecular complexity index is 499. The molecule has 0 bridgehead atoms. The van der Waals surface area contributed by atoms with E-state index in [9.17, 15) is 14.4 Å². The van der Waals surface area contributed by atoms with E-state index in [4.69, 9.17) is 0 Å². The predicted octanol–water partition coefficient (Wildman–Crippen LogP) is -0.397. The van der Waals surface area contributed by atoms with Gasteiger partial charge in [0.1, 0.15) is 0 Å². The van der Waals surface area contributed by atoms with Gasteiger partial charge < -0.3 is 10.3 Å². The molecule has 1 aromatic heterocycles. The SMILES string of the molecule is CC(=O)NCCC=Cc1c[nH]c(=O)[nH]c1=O. The summed E-state index contributed by atoms with van der Waals surface area (Å²) < 4.78 is 0. The number of aromatic amines is 2. The van der Waals surface area contributed by atoms with E-state index >= 15 is 0 Å². The Morgan fingerprint density at radius 2 is 2.25 bits per heavy atom. The van der Waals surface area contributed by atoms with E-state index < -0.39 is 11.2 Å². The summed E-state index contributed by atoms with van der Waals surface area (Å²) in [5.74, 6) is -0.0877. The maximum Gasteiger partial charge on any atom is 0.325 e. The third-order valence-electron chi connectivity index (χ3n) is 1.83. The molecule has 0 aliphatic rings. The predicted molar refractivity (Wildman–Crippen MR) is 60.0 cm³/mol. The van der Waals surface area contributed by atoms with Crippen LogP contribution in [0.3, 0.4) is 0 Å². The van der Waals surface area contributed by atoms with Gasteiger partial charge in [-0.2, -0.15) is 0 Å². The molecule has 16 heavy (non-hydrogen) atoms. The topological polar surface area (TPSA) is 94.8 Å². The van der Waals surface area contributed by atoms with Gasteiger partial charge in [0.05, 0.1) is 5.56 Å². The summed E-state index contributed by atoms with van der Waals surface area (Å²) >= 11 is 0. The third kappa shape index (κ3) is 3.95. The van der Waals surface area contributed by atoms with Crippen molar-refractivity contribution in [3.63, 3.8) is 0 Å². The molecule has 0 fully saturated rings. The van der Waals surface area contributed by atoms with Gasteiger partial charge in [-0.3, -0.25) is 14.6 Å². The van der Waals surface area contributed by atoms with Crippen molar-refractivity contribution >= 4 is 12.0 Å². The molecule has 0 aliphatic carbocycles. The van der Waals surface area contributed by atoms with Crippen molar-refractivity contribution in [1.82, 2.24) is 15.3 Å². The first-order valence-electron chi connectivity index (χ1n) is 4.82. The van der Waals surface area contributed by atoms with E-state index in [2.05, 4.69) is 15.3 Å². The summed E-state index contributed by atoms with van der Waals surface area (Å²) in [5.41, 5.74) is -0.581. The minimum absolute atomic E-state index is 0.0877. The van der Waals surface area contributed by atoms with Crippen molar-refractivity contribution in [3.8, 4) is 0 Å². The van der Waals surface area contributed by atoms with E-state index in [1.165, 1.54) is 13.1 Å². The summed E-state index contributed by atoms with van der Waals surface area (Å²) in [6, 6.07) is 0. The number of H-pyrrole nitrogens is 2. The first kappa shape index (κ1) is 12.0. The molecule has 1 heterocycles. The minimum atomic E-state index is -0.527. The zero-order chi connectivity index (χ0) is 12.0. The second-order valence-electron chi connectivity index (χ2n) is 3.20. The molecule has 1 amide bonds. The summed E-state index contributed by atoms with van der Waals surface area (Å²) in [5, 5.41) is 2.62. The number of carbonyl (C=O) groups excluding carboxylic acids is 1. The van der Waals surface area contributed by atoms with Crippen LogP contribution in [0.25, 0.3) is 6.08 Å². The van der Waals surface area contributed by atoms with Crippen molar-refractivity contribution in [1.29, 1.82) is 0 Å². The first-order chi connectivity index (χ1) is 7.59. The number of hydrogen-bond acceptors (Lipinski definition) is 3. The smallest absolute Gasteiger partial charge is 0.325 e. The molecule has 0 spiro atoms. The molecular formula is C10H13N3O3. The molecule has 6 heteroatoms. The maximum absolute atomic E-state index is 11.2. The molecule has 0 radical (unpaired) electrons. The number of hydrogen-bond donors (Lipinski definition) is 3. The van der Waals surface area contributed by atoms with Crippen LogP contribution in [-0.4, -0.2) is 22.4 Å². The van der Waals surface area contributed by atoms with Gasteiger partial charge in [0.25, 0.3) is 5.56 Å². The van der Waals surface area contributed by atoms with Gasteiger partial charge in [-0.1, -0.05) is 12.2 Å². The van der Waals surface area contributed by atoms with Crippen LogP contribution in [0.4, 0.5) is 0 Å². The van der Waals surface area contributed by atoms with Crippen molar-refractivity contribution in [2.75, 3.05) is 6.54 Å². The van der Waals surface area contributed by atoms with Crippen LogP contribution in [0.2, 0.25) is 0 Å². The van der Waals surface area contributed by atoms with Crippen LogP contribution < -0.4 is 16.6 Å². The van der Waals surface area contributed by atoms with Gasteiger partial charge in [-0.15, -0.1) is 0 Å². The fourth-order valence-electron chi connectivity index (χ4n) is 1.09. The van der Waals surface area contributed by atoms with E-state index in [0.29, 0.717) is 18.5 Å². The van der Waals surface area contributed by atoms with Crippen LogP contribution in [-0.2, 0) is 4.79 Å². The standard InChI is InChI=1S/C10H13N3O3/c1-7(14)11-5-3-2-4-8-6-12-10(16)13-9(8)15/h2,4,6H,3,5H2,1H3,(H,11,14)(H2,12,13,15,16). The molecule has 1 aromatic rings. The first-order valence-corrected chi connectivity index (χ1v) is 4.82. The highest BCUT2D eigenvalue weighted by Gasteiger charge is 1.94. The van der Waals surface area contributed by atoms with Crippen LogP contribution in [0.5, 0.6) is 0 Å². The molecule has 86 valence electrons. The fraction of sp³-hybridized carbons (Fsp3) is 0.300. The van der Waals surface area contributed by atoms with E-state index in [1.807, 2.05) is 0 Å². The molecule has 3 N–H and O–H groups in total. The minimum Gasteiger partial charge on any atom is -0.356 e. The Morgan fingerprint density at radius 1 is 1.50 bits per heavy atom. The van der Waals surface area contributed by atoms with E-state index in [-0.39, 0.29) is 5.91 Å². The van der Waals surface area contributed by atoms with Crippen molar-refractivity contribution in [2.24, 2.45) is 0 Å². The monoisotopic (exact) mass is 223 g/mol. The van der Waals surface area contributed by atoms with Gasteiger partial charge in [0.15, 0.2) is 0 Å². The lowest BCUT2D eigenvalue weighted by Crippen LogP contribution is -2.23. The highest BCUT2D eigenvalue weighted by molar-refractivity contribution is 5.72. The Kier molecular flexibility index (Phi) is 4.26. The summed E-state index contributed by atoms with van der Waals surface area (Å²) in [4.78, 5) is 36.9. The summed E-state index contributed by atoms with van der Waals surface area (Å²) in [6.45, 7) is 1.96. The zero-order valence-electron chi connectivity index (χ0n) is 8.87. The van der Waals surface area contributed by atoms with Crippen LogP contribution in [0.1, 0.15) is 18.9 Å². The molecule has 0 aliphatic heterocycles. The molecule has 0 saturated heterocycles. The van der Waals surface area contributed by atoms with Crippen molar-refractivity contribution < 1.29 is 4.79 Å². The maximum atomic E-state index is 11.2. The van der Waals surface area contributed by atoms with Gasteiger partial charge in [-0.25, -0.2) is 4.79 Å². The van der Waals surface area contributed by atoms with Gasteiger partial charge in [0, 0.05) is 19.7 Å². The molecular weight excluding hydrogens is 210 g/mol. The normalized spacial score (nSPS) is 10.6. The van der Waals surface area contributed by atoms with E-state index in [1.54, 1.807) is 12.2 Å². The number of aromatic nitrogens is 2. The Hall–Kier alpha value is -2.11. The number of carbonyl (C=O) groups is 1. The van der Waals surface area contributed by atoms with Crippen molar-refractivity contribution in [2.45, 2.75) is 13.3 Å². The third-order valence-corrected chi connectivity index (χ3v) is 1.83. The largest absolute Gasteiger partial charge is 0.356 e. The van der Waals surface area contributed by atoms with Gasteiger partial charge in [-0.05, 0) is 6.42 Å².